The average molecular weight is 385 g/mol. The fourth-order valence-corrected chi connectivity index (χ4v) is 3.57. The van der Waals surface area contributed by atoms with Gasteiger partial charge in [-0.1, -0.05) is 31.4 Å². The van der Waals surface area contributed by atoms with Crippen LogP contribution in [0.2, 0.25) is 0 Å². The number of fused-ring (bicyclic) bond motifs is 1. The summed E-state index contributed by atoms with van der Waals surface area (Å²) < 4.78 is 2.71. The highest BCUT2D eigenvalue weighted by Gasteiger charge is 2.20. The third-order valence-electron chi connectivity index (χ3n) is 4.18. The van der Waals surface area contributed by atoms with E-state index in [1.807, 2.05) is 23.9 Å². The van der Waals surface area contributed by atoms with Gasteiger partial charge in [-0.15, -0.1) is 0 Å². The van der Waals surface area contributed by atoms with Crippen LogP contribution in [0.1, 0.15) is 17.0 Å². The Morgan fingerprint density at radius 3 is 2.83 bits per heavy atom. The summed E-state index contributed by atoms with van der Waals surface area (Å²) in [7, 11) is 1.94. The zero-order valence-electron chi connectivity index (χ0n) is 13.8. The highest BCUT2D eigenvalue weighted by Crippen LogP contribution is 2.34. The van der Waals surface area contributed by atoms with E-state index >= 15 is 0 Å². The predicted molar refractivity (Wildman–Crippen MR) is 103 cm³/mol. The number of allylic oxidation sites excluding steroid dienone is 4. The van der Waals surface area contributed by atoms with Crippen LogP contribution in [0.5, 0.6) is 0 Å². The third-order valence-corrected chi connectivity index (χ3v) is 4.58. The van der Waals surface area contributed by atoms with E-state index in [-0.39, 0.29) is 0 Å². The van der Waals surface area contributed by atoms with Crippen LogP contribution in [0.15, 0.2) is 48.3 Å². The van der Waals surface area contributed by atoms with Crippen molar-refractivity contribution in [1.82, 2.24) is 20.1 Å². The van der Waals surface area contributed by atoms with E-state index in [0.29, 0.717) is 0 Å². The molecule has 124 valence electrons. The predicted octanol–water partition coefficient (Wildman–Crippen LogP) is 3.69. The van der Waals surface area contributed by atoms with Gasteiger partial charge in [0.15, 0.2) is 0 Å². The van der Waals surface area contributed by atoms with Gasteiger partial charge in [0.1, 0.15) is 10.3 Å². The van der Waals surface area contributed by atoms with Gasteiger partial charge < -0.3 is 5.32 Å². The lowest BCUT2D eigenvalue weighted by Gasteiger charge is -2.13. The van der Waals surface area contributed by atoms with E-state index in [2.05, 4.69) is 51.8 Å². The van der Waals surface area contributed by atoms with Gasteiger partial charge in [-0.3, -0.25) is 4.68 Å². The van der Waals surface area contributed by atoms with Crippen molar-refractivity contribution in [2.45, 2.75) is 12.8 Å². The van der Waals surface area contributed by atoms with E-state index < -0.39 is 0 Å². The van der Waals surface area contributed by atoms with Gasteiger partial charge in [-0.05, 0) is 46.1 Å². The molecule has 3 rings (SSSR count). The van der Waals surface area contributed by atoms with E-state index in [9.17, 15) is 0 Å². The first-order valence-electron chi connectivity index (χ1n) is 8.02. The fraction of sp³-hybridized carbons (Fsp3) is 0.263. The molecule has 0 amide bonds. The molecule has 5 heteroatoms. The minimum Gasteiger partial charge on any atom is -0.316 e. The first-order chi connectivity index (χ1) is 11.6. The maximum atomic E-state index is 4.70. The van der Waals surface area contributed by atoms with Crippen LogP contribution < -0.4 is 5.32 Å². The monoisotopic (exact) mass is 384 g/mol. The van der Waals surface area contributed by atoms with Crippen LogP contribution in [0.3, 0.4) is 0 Å². The van der Waals surface area contributed by atoms with Gasteiger partial charge in [-0.25, -0.2) is 4.98 Å². The first-order valence-corrected chi connectivity index (χ1v) is 8.82. The van der Waals surface area contributed by atoms with Crippen molar-refractivity contribution in [3.05, 3.63) is 65.2 Å². The lowest BCUT2D eigenvalue weighted by atomic mass is 9.94. The SMILES string of the molecule is C=C/C=C(\C=C)c1nn(C)cc1-c1cc(Br)nc2c1CCNCC2. The Morgan fingerprint density at radius 2 is 2.08 bits per heavy atom. The fourth-order valence-electron chi connectivity index (χ4n) is 3.13. The van der Waals surface area contributed by atoms with Gasteiger partial charge in [0.2, 0.25) is 0 Å². The molecule has 0 saturated heterocycles. The Bertz CT molecular complexity index is 817. The topological polar surface area (TPSA) is 42.7 Å². The molecule has 24 heavy (non-hydrogen) atoms. The van der Waals surface area contributed by atoms with Crippen molar-refractivity contribution < 1.29 is 0 Å². The lowest BCUT2D eigenvalue weighted by Crippen LogP contribution is -2.16. The molecule has 3 heterocycles. The van der Waals surface area contributed by atoms with Crippen LogP contribution in [0, 0.1) is 0 Å². The summed E-state index contributed by atoms with van der Waals surface area (Å²) in [5, 5.41) is 8.11. The Hall–Kier alpha value is -1.98. The number of aromatic nitrogens is 3. The smallest absolute Gasteiger partial charge is 0.107 e. The normalized spacial score (nSPS) is 14.8. The Balaban J connectivity index is 2.23. The number of hydrogen-bond donors (Lipinski definition) is 1. The van der Waals surface area contributed by atoms with Gasteiger partial charge in [0, 0.05) is 43.0 Å². The van der Waals surface area contributed by atoms with E-state index in [4.69, 9.17) is 4.98 Å². The number of hydrogen-bond acceptors (Lipinski definition) is 3. The second kappa shape index (κ2) is 7.28. The molecule has 0 saturated carbocycles. The van der Waals surface area contributed by atoms with Crippen LogP contribution in [-0.2, 0) is 19.9 Å². The van der Waals surface area contributed by atoms with Gasteiger partial charge in [0.25, 0.3) is 0 Å². The van der Waals surface area contributed by atoms with Gasteiger partial charge in [0.05, 0.1) is 0 Å². The second-order valence-electron chi connectivity index (χ2n) is 5.79. The average Bonchev–Trinajstić information content (AvgIpc) is 2.79. The van der Waals surface area contributed by atoms with Crippen molar-refractivity contribution in [2.75, 3.05) is 13.1 Å². The largest absolute Gasteiger partial charge is 0.316 e. The van der Waals surface area contributed by atoms with E-state index in [0.717, 1.165) is 53.1 Å². The summed E-state index contributed by atoms with van der Waals surface area (Å²) in [5.74, 6) is 0. The number of halogens is 1. The van der Waals surface area contributed by atoms with Crippen molar-refractivity contribution in [3.8, 4) is 11.1 Å². The van der Waals surface area contributed by atoms with Gasteiger partial charge in [-0.2, -0.15) is 5.10 Å². The molecule has 4 nitrogen and oxygen atoms in total. The van der Waals surface area contributed by atoms with E-state index in [1.165, 1.54) is 11.1 Å². The number of rotatable bonds is 4. The molecule has 0 aliphatic carbocycles. The van der Waals surface area contributed by atoms with Crippen molar-refractivity contribution in [3.63, 3.8) is 0 Å². The summed E-state index contributed by atoms with van der Waals surface area (Å²) in [5.41, 5.74) is 6.65. The molecule has 1 aliphatic rings. The summed E-state index contributed by atoms with van der Waals surface area (Å²) in [6.07, 6.45) is 9.50. The molecule has 1 N–H and O–H groups in total. The molecule has 0 aromatic carbocycles. The highest BCUT2D eigenvalue weighted by atomic mass is 79.9. The summed E-state index contributed by atoms with van der Waals surface area (Å²) in [6, 6.07) is 2.10. The van der Waals surface area contributed by atoms with Crippen molar-refractivity contribution in [2.24, 2.45) is 7.05 Å². The zero-order valence-corrected chi connectivity index (χ0v) is 15.4. The molecule has 0 radical (unpaired) electrons. The lowest BCUT2D eigenvalue weighted by molar-refractivity contribution is 0.708. The Labute approximate surface area is 151 Å². The van der Waals surface area contributed by atoms with Crippen molar-refractivity contribution >= 4 is 21.5 Å². The van der Waals surface area contributed by atoms with Gasteiger partial charge >= 0.3 is 0 Å². The second-order valence-corrected chi connectivity index (χ2v) is 6.61. The van der Waals surface area contributed by atoms with Crippen LogP contribution in [-0.4, -0.2) is 27.9 Å². The number of pyridine rings is 1. The summed E-state index contributed by atoms with van der Waals surface area (Å²) >= 11 is 3.57. The minimum atomic E-state index is 0.862. The number of aryl methyl sites for hydroxylation is 1. The molecular weight excluding hydrogens is 364 g/mol. The third kappa shape index (κ3) is 3.28. The Morgan fingerprint density at radius 1 is 1.29 bits per heavy atom. The molecule has 1 aliphatic heterocycles. The van der Waals surface area contributed by atoms with Crippen LogP contribution in [0.25, 0.3) is 16.7 Å². The maximum Gasteiger partial charge on any atom is 0.107 e. The van der Waals surface area contributed by atoms with Crippen molar-refractivity contribution in [1.29, 1.82) is 0 Å². The van der Waals surface area contributed by atoms with E-state index in [1.54, 1.807) is 6.08 Å². The quantitative estimate of drug-likeness (QED) is 0.645. The standard InChI is InChI=1S/C19H21BrN4/c1-4-6-13(5-2)19-16(12-24(3)23-19)15-11-18(20)22-17-8-10-21-9-7-14(15)17/h4-6,11-12,21H,1-2,7-10H2,3H3/b13-6+. The zero-order chi connectivity index (χ0) is 17.1. The molecule has 0 fully saturated rings. The summed E-state index contributed by atoms with van der Waals surface area (Å²) in [6.45, 7) is 9.65. The van der Waals surface area contributed by atoms with Crippen LogP contribution >= 0.6 is 15.9 Å². The molecular formula is C19H21BrN4. The molecule has 0 bridgehead atoms. The number of nitrogens with zero attached hydrogens (tertiary/aromatic N) is 3. The minimum absolute atomic E-state index is 0.862. The molecule has 0 atom stereocenters. The maximum absolute atomic E-state index is 4.70. The molecule has 0 unspecified atom stereocenters. The Kier molecular flexibility index (Phi) is 5.11. The summed E-state index contributed by atoms with van der Waals surface area (Å²) in [4.78, 5) is 4.70. The molecule has 2 aromatic rings. The molecule has 0 spiro atoms. The first kappa shape index (κ1) is 16.9. The van der Waals surface area contributed by atoms with Crippen LogP contribution in [0.4, 0.5) is 0 Å². The number of nitrogens with one attached hydrogen (secondary N) is 1. The highest BCUT2D eigenvalue weighted by molar-refractivity contribution is 9.10. The molecule has 2 aromatic heterocycles.